The minimum absolute atomic E-state index is 0.0463. The van der Waals surface area contributed by atoms with Gasteiger partial charge >= 0.3 is 0 Å². The van der Waals surface area contributed by atoms with Gasteiger partial charge in [0.25, 0.3) is 0 Å². The molecule has 186 valence electrons. The van der Waals surface area contributed by atoms with E-state index in [-0.39, 0.29) is 43.4 Å². The fourth-order valence-corrected chi connectivity index (χ4v) is 4.84. The van der Waals surface area contributed by atoms with E-state index in [9.17, 15) is 22.4 Å². The number of sulfonamides is 1. The van der Waals surface area contributed by atoms with Crippen molar-refractivity contribution in [2.24, 2.45) is 0 Å². The molecule has 2 rings (SSSR count). The van der Waals surface area contributed by atoms with Gasteiger partial charge in [-0.25, -0.2) is 12.8 Å². The number of likely N-dealkylation sites (N-methyl/N-ethyl adjacent to an activating group) is 1. The van der Waals surface area contributed by atoms with Crippen LogP contribution >= 0.6 is 23.2 Å². The molecule has 0 aliphatic carbocycles. The van der Waals surface area contributed by atoms with Crippen LogP contribution in [0.1, 0.15) is 31.7 Å². The normalized spacial score (nSPS) is 12.2. The standard InChI is InChI=1S/C23H28Cl2FN3O4S/c1-4-20(23(31)27-2)28(15-16-11-12-17(24)18(25)14-16)22(30)10-7-13-29(34(3,32)33)21-9-6-5-8-19(21)26/h5-6,8-9,11-12,14,20H,4,7,10,13,15H2,1-3H3,(H,27,31)/t20-/m0/s1. The SMILES string of the molecule is CC[C@@H](C(=O)NC)N(Cc1ccc(Cl)c(Cl)c1)C(=O)CCCN(c1ccccc1F)S(C)(=O)=O. The Labute approximate surface area is 209 Å². The van der Waals surface area contributed by atoms with Crippen LogP contribution < -0.4 is 9.62 Å². The lowest BCUT2D eigenvalue weighted by atomic mass is 10.1. The summed E-state index contributed by atoms with van der Waals surface area (Å²) in [6.45, 7) is 1.81. The van der Waals surface area contributed by atoms with Crippen LogP contribution in [0.5, 0.6) is 0 Å². The van der Waals surface area contributed by atoms with Gasteiger partial charge in [0.15, 0.2) is 0 Å². The molecule has 0 aliphatic heterocycles. The molecular formula is C23H28Cl2FN3O4S. The van der Waals surface area contributed by atoms with E-state index < -0.39 is 21.9 Å². The van der Waals surface area contributed by atoms with Crippen molar-refractivity contribution in [3.8, 4) is 0 Å². The van der Waals surface area contributed by atoms with Crippen molar-refractivity contribution in [1.29, 1.82) is 0 Å². The van der Waals surface area contributed by atoms with Crippen molar-refractivity contribution < 1.29 is 22.4 Å². The summed E-state index contributed by atoms with van der Waals surface area (Å²) < 4.78 is 39.7. The average molecular weight is 532 g/mol. The number of carbonyl (C=O) groups excluding carboxylic acids is 2. The summed E-state index contributed by atoms with van der Waals surface area (Å²) in [4.78, 5) is 27.1. The highest BCUT2D eigenvalue weighted by molar-refractivity contribution is 7.92. The predicted octanol–water partition coefficient (Wildman–Crippen LogP) is 4.23. The second-order valence-corrected chi connectivity index (χ2v) is 10.4. The van der Waals surface area contributed by atoms with Crippen LogP contribution in [0.25, 0.3) is 0 Å². The smallest absolute Gasteiger partial charge is 0.242 e. The Morgan fingerprint density at radius 1 is 1.12 bits per heavy atom. The molecule has 7 nitrogen and oxygen atoms in total. The Hall–Kier alpha value is -2.36. The number of benzene rings is 2. The lowest BCUT2D eigenvalue weighted by molar-refractivity contribution is -0.141. The molecule has 0 unspecified atom stereocenters. The first-order valence-electron chi connectivity index (χ1n) is 10.7. The maximum atomic E-state index is 14.2. The molecule has 0 bridgehead atoms. The minimum Gasteiger partial charge on any atom is -0.357 e. The third-order valence-electron chi connectivity index (χ3n) is 5.24. The molecule has 2 amide bonds. The summed E-state index contributed by atoms with van der Waals surface area (Å²) in [5, 5.41) is 3.27. The van der Waals surface area contributed by atoms with E-state index in [1.54, 1.807) is 25.1 Å². The van der Waals surface area contributed by atoms with E-state index >= 15 is 0 Å². The largest absolute Gasteiger partial charge is 0.357 e. The van der Waals surface area contributed by atoms with Crippen molar-refractivity contribution in [3.63, 3.8) is 0 Å². The van der Waals surface area contributed by atoms with E-state index in [4.69, 9.17) is 23.2 Å². The van der Waals surface area contributed by atoms with Crippen LogP contribution in [-0.2, 0) is 26.2 Å². The Bertz CT molecular complexity index is 1130. The number of hydrogen-bond donors (Lipinski definition) is 1. The molecule has 0 fully saturated rings. The number of nitrogens with zero attached hydrogens (tertiary/aromatic N) is 2. The van der Waals surface area contributed by atoms with Gasteiger partial charge in [0.1, 0.15) is 11.9 Å². The van der Waals surface area contributed by atoms with Crippen LogP contribution in [0.3, 0.4) is 0 Å². The highest BCUT2D eigenvalue weighted by atomic mass is 35.5. The summed E-state index contributed by atoms with van der Waals surface area (Å²) in [5.74, 6) is -1.34. The van der Waals surface area contributed by atoms with Gasteiger partial charge in [-0.3, -0.25) is 13.9 Å². The van der Waals surface area contributed by atoms with Gasteiger partial charge in [0.2, 0.25) is 21.8 Å². The van der Waals surface area contributed by atoms with Crippen molar-refractivity contribution in [1.82, 2.24) is 10.2 Å². The molecule has 0 saturated carbocycles. The first-order chi connectivity index (χ1) is 16.0. The van der Waals surface area contributed by atoms with Gasteiger partial charge in [0.05, 0.1) is 22.0 Å². The number of hydrogen-bond acceptors (Lipinski definition) is 4. The first kappa shape index (κ1) is 27.9. The van der Waals surface area contributed by atoms with Crippen LogP contribution in [0, 0.1) is 5.82 Å². The van der Waals surface area contributed by atoms with Gasteiger partial charge in [-0.1, -0.05) is 48.3 Å². The summed E-state index contributed by atoms with van der Waals surface area (Å²) in [7, 11) is -2.29. The van der Waals surface area contributed by atoms with Crippen molar-refractivity contribution in [2.75, 3.05) is 24.2 Å². The van der Waals surface area contributed by atoms with Crippen LogP contribution in [0.15, 0.2) is 42.5 Å². The highest BCUT2D eigenvalue weighted by Crippen LogP contribution is 2.25. The number of halogens is 3. The average Bonchev–Trinajstić information content (AvgIpc) is 2.78. The molecule has 1 N–H and O–H groups in total. The molecule has 11 heteroatoms. The number of anilines is 1. The molecule has 0 heterocycles. The lowest BCUT2D eigenvalue weighted by Gasteiger charge is -2.31. The second-order valence-electron chi connectivity index (χ2n) is 7.70. The number of carbonyl (C=O) groups is 2. The third kappa shape index (κ3) is 7.32. The molecule has 0 radical (unpaired) electrons. The Morgan fingerprint density at radius 3 is 2.35 bits per heavy atom. The predicted molar refractivity (Wildman–Crippen MR) is 133 cm³/mol. The Kier molecular flexibility index (Phi) is 10.1. The first-order valence-corrected chi connectivity index (χ1v) is 13.3. The quantitative estimate of drug-likeness (QED) is 0.469. The summed E-state index contributed by atoms with van der Waals surface area (Å²) >= 11 is 12.1. The van der Waals surface area contributed by atoms with Gasteiger partial charge in [-0.2, -0.15) is 0 Å². The van der Waals surface area contributed by atoms with Crippen LogP contribution in [0.4, 0.5) is 10.1 Å². The van der Waals surface area contributed by atoms with Gasteiger partial charge < -0.3 is 10.2 Å². The summed E-state index contributed by atoms with van der Waals surface area (Å²) in [6, 6.07) is 9.77. The topological polar surface area (TPSA) is 86.8 Å². The maximum Gasteiger partial charge on any atom is 0.242 e. The van der Waals surface area contributed by atoms with E-state index in [0.717, 1.165) is 10.6 Å². The Morgan fingerprint density at radius 2 is 1.79 bits per heavy atom. The van der Waals surface area contributed by atoms with E-state index in [2.05, 4.69) is 5.32 Å². The number of nitrogens with one attached hydrogen (secondary N) is 1. The summed E-state index contributed by atoms with van der Waals surface area (Å²) in [6.07, 6.45) is 1.44. The van der Waals surface area contributed by atoms with E-state index in [1.165, 1.54) is 36.2 Å². The van der Waals surface area contributed by atoms with Gasteiger partial charge in [0, 0.05) is 26.6 Å². The molecule has 0 aliphatic rings. The zero-order valence-electron chi connectivity index (χ0n) is 19.2. The lowest BCUT2D eigenvalue weighted by Crippen LogP contribution is -2.48. The minimum atomic E-state index is -3.78. The zero-order chi connectivity index (χ0) is 25.5. The second kappa shape index (κ2) is 12.4. The fraction of sp³-hybridized carbons (Fsp3) is 0.391. The van der Waals surface area contributed by atoms with Crippen molar-refractivity contribution in [2.45, 2.75) is 38.8 Å². The Balaban J connectivity index is 2.22. The molecule has 2 aromatic carbocycles. The highest BCUT2D eigenvalue weighted by Gasteiger charge is 2.28. The number of rotatable bonds is 11. The van der Waals surface area contributed by atoms with Gasteiger partial charge in [-0.05, 0) is 42.7 Å². The van der Waals surface area contributed by atoms with E-state index in [0.29, 0.717) is 22.0 Å². The van der Waals surface area contributed by atoms with E-state index in [1.807, 2.05) is 0 Å². The molecule has 2 aromatic rings. The molecule has 0 saturated heterocycles. The maximum absolute atomic E-state index is 14.2. The monoisotopic (exact) mass is 531 g/mol. The van der Waals surface area contributed by atoms with Crippen LogP contribution in [0.2, 0.25) is 10.0 Å². The molecule has 0 aromatic heterocycles. The molecule has 1 atom stereocenters. The van der Waals surface area contributed by atoms with Crippen molar-refractivity contribution >= 4 is 50.7 Å². The van der Waals surface area contributed by atoms with Gasteiger partial charge in [-0.15, -0.1) is 0 Å². The number of amides is 2. The fourth-order valence-electron chi connectivity index (χ4n) is 3.56. The van der Waals surface area contributed by atoms with Crippen molar-refractivity contribution in [3.05, 3.63) is 63.9 Å². The zero-order valence-corrected chi connectivity index (χ0v) is 21.6. The molecule has 34 heavy (non-hydrogen) atoms. The molecular weight excluding hydrogens is 504 g/mol. The summed E-state index contributed by atoms with van der Waals surface area (Å²) in [5.41, 5.74) is 0.608. The third-order valence-corrected chi connectivity index (χ3v) is 7.16. The van der Waals surface area contributed by atoms with Crippen LogP contribution in [-0.4, -0.2) is 51.0 Å². The molecule has 0 spiro atoms. The number of para-hydroxylation sites is 1.